The van der Waals surface area contributed by atoms with Crippen molar-refractivity contribution in [3.05, 3.63) is 63.6 Å². The Kier molecular flexibility index (Phi) is 3.33. The molecule has 0 radical (unpaired) electrons. The van der Waals surface area contributed by atoms with Crippen molar-refractivity contribution in [2.45, 2.75) is 25.5 Å². The number of benzene rings is 2. The number of hydrogen-bond donors (Lipinski definition) is 1. The van der Waals surface area contributed by atoms with Crippen LogP contribution < -0.4 is 10.5 Å². The van der Waals surface area contributed by atoms with Gasteiger partial charge >= 0.3 is 0 Å². The van der Waals surface area contributed by atoms with E-state index in [-0.39, 0.29) is 12.1 Å². The maximum absolute atomic E-state index is 6.29. The lowest BCUT2D eigenvalue weighted by Crippen LogP contribution is -2.24. The van der Waals surface area contributed by atoms with Crippen molar-refractivity contribution in [3.8, 4) is 5.75 Å². The van der Waals surface area contributed by atoms with E-state index in [2.05, 4.69) is 35.0 Å². The zero-order valence-corrected chi connectivity index (χ0v) is 12.4. The van der Waals surface area contributed by atoms with Crippen molar-refractivity contribution in [2.75, 3.05) is 0 Å². The quantitative estimate of drug-likeness (QED) is 0.852. The molecule has 0 aromatic heterocycles. The predicted molar refractivity (Wildman–Crippen MR) is 80.2 cm³/mol. The minimum atomic E-state index is 0.0193. The minimum absolute atomic E-state index is 0.0193. The fourth-order valence-corrected chi connectivity index (χ4v) is 2.99. The molecule has 0 aliphatic carbocycles. The molecule has 2 aromatic carbocycles. The molecule has 2 nitrogen and oxygen atoms in total. The third kappa shape index (κ3) is 2.40. The van der Waals surface area contributed by atoms with Crippen LogP contribution in [0, 0.1) is 6.92 Å². The van der Waals surface area contributed by atoms with Crippen molar-refractivity contribution < 1.29 is 4.74 Å². The van der Waals surface area contributed by atoms with Gasteiger partial charge < -0.3 is 10.5 Å². The average Bonchev–Trinajstić information content (AvgIpc) is 2.40. The topological polar surface area (TPSA) is 35.2 Å². The van der Waals surface area contributed by atoms with Gasteiger partial charge in [-0.2, -0.15) is 0 Å². The standard InChI is InChI=1S/C16H16BrNO/c1-10-4-2-3-5-12(10)16-9-14(18)13-8-11(17)6-7-15(13)19-16/h2-8,14,16H,9,18H2,1H3/t14-,16?/m0/s1. The van der Waals surface area contributed by atoms with E-state index in [1.54, 1.807) is 0 Å². The minimum Gasteiger partial charge on any atom is -0.485 e. The van der Waals surface area contributed by atoms with Gasteiger partial charge in [0.15, 0.2) is 0 Å². The molecular formula is C16H16BrNO. The lowest BCUT2D eigenvalue weighted by Gasteiger charge is -2.31. The van der Waals surface area contributed by atoms with E-state index in [1.807, 2.05) is 30.3 Å². The first kappa shape index (κ1) is 12.7. The van der Waals surface area contributed by atoms with Gasteiger partial charge in [0, 0.05) is 22.5 Å². The van der Waals surface area contributed by atoms with Gasteiger partial charge in [0.1, 0.15) is 11.9 Å². The highest BCUT2D eigenvalue weighted by Crippen LogP contribution is 2.41. The van der Waals surface area contributed by atoms with E-state index in [4.69, 9.17) is 10.5 Å². The highest BCUT2D eigenvalue weighted by molar-refractivity contribution is 9.10. The van der Waals surface area contributed by atoms with E-state index >= 15 is 0 Å². The van der Waals surface area contributed by atoms with Gasteiger partial charge in [-0.25, -0.2) is 0 Å². The van der Waals surface area contributed by atoms with Crippen LogP contribution in [-0.4, -0.2) is 0 Å². The summed E-state index contributed by atoms with van der Waals surface area (Å²) in [5.41, 5.74) is 9.85. The molecule has 98 valence electrons. The van der Waals surface area contributed by atoms with E-state index in [1.165, 1.54) is 11.1 Å². The fourth-order valence-electron chi connectivity index (χ4n) is 2.61. The molecule has 19 heavy (non-hydrogen) atoms. The van der Waals surface area contributed by atoms with Crippen LogP contribution in [0.25, 0.3) is 0 Å². The molecule has 0 bridgehead atoms. The molecular weight excluding hydrogens is 302 g/mol. The molecule has 1 unspecified atom stereocenters. The van der Waals surface area contributed by atoms with Crippen molar-refractivity contribution in [1.82, 2.24) is 0 Å². The van der Waals surface area contributed by atoms with Crippen LogP contribution in [0.1, 0.15) is 35.3 Å². The largest absolute Gasteiger partial charge is 0.485 e. The lowest BCUT2D eigenvalue weighted by molar-refractivity contribution is 0.161. The molecule has 0 saturated heterocycles. The monoisotopic (exact) mass is 317 g/mol. The Balaban J connectivity index is 1.97. The number of hydrogen-bond acceptors (Lipinski definition) is 2. The SMILES string of the molecule is Cc1ccccc1C1C[C@H](N)c2cc(Br)ccc2O1. The maximum atomic E-state index is 6.29. The summed E-state index contributed by atoms with van der Waals surface area (Å²) >= 11 is 3.48. The lowest BCUT2D eigenvalue weighted by atomic mass is 9.92. The molecule has 3 rings (SSSR count). The zero-order chi connectivity index (χ0) is 13.4. The van der Waals surface area contributed by atoms with Crippen LogP contribution in [0.4, 0.5) is 0 Å². The summed E-state index contributed by atoms with van der Waals surface area (Å²) < 4.78 is 7.16. The third-order valence-electron chi connectivity index (χ3n) is 3.64. The first-order valence-electron chi connectivity index (χ1n) is 6.42. The molecule has 3 heteroatoms. The Morgan fingerprint density at radius 1 is 1.16 bits per heavy atom. The Hall–Kier alpha value is -1.32. The summed E-state index contributed by atoms with van der Waals surface area (Å²) in [5, 5.41) is 0. The van der Waals surface area contributed by atoms with Gasteiger partial charge in [-0.15, -0.1) is 0 Å². The molecule has 2 N–H and O–H groups in total. The average molecular weight is 318 g/mol. The van der Waals surface area contributed by atoms with Gasteiger partial charge in [-0.05, 0) is 36.2 Å². The zero-order valence-electron chi connectivity index (χ0n) is 10.8. The number of rotatable bonds is 1. The Morgan fingerprint density at radius 3 is 2.74 bits per heavy atom. The molecule has 1 aliphatic rings. The second kappa shape index (κ2) is 4.99. The van der Waals surface area contributed by atoms with Crippen LogP contribution in [-0.2, 0) is 0 Å². The van der Waals surface area contributed by atoms with E-state index < -0.39 is 0 Å². The first-order chi connectivity index (χ1) is 9.15. The Bertz CT molecular complexity index is 611. The summed E-state index contributed by atoms with van der Waals surface area (Å²) in [5.74, 6) is 0.898. The molecule has 0 amide bonds. The molecule has 0 fully saturated rings. The highest BCUT2D eigenvalue weighted by Gasteiger charge is 2.27. The normalized spacial score (nSPS) is 21.6. The van der Waals surface area contributed by atoms with E-state index in [9.17, 15) is 0 Å². The molecule has 2 aromatic rings. The van der Waals surface area contributed by atoms with E-state index in [0.717, 1.165) is 22.2 Å². The smallest absolute Gasteiger partial charge is 0.126 e. The van der Waals surface area contributed by atoms with Crippen LogP contribution in [0.3, 0.4) is 0 Å². The summed E-state index contributed by atoms with van der Waals surface area (Å²) in [7, 11) is 0. The Labute approximate surface area is 121 Å². The van der Waals surface area contributed by atoms with Crippen LogP contribution >= 0.6 is 15.9 Å². The number of nitrogens with two attached hydrogens (primary N) is 1. The molecule has 0 spiro atoms. The summed E-state index contributed by atoms with van der Waals surface area (Å²) in [6, 6.07) is 14.4. The molecule has 1 aliphatic heterocycles. The maximum Gasteiger partial charge on any atom is 0.126 e. The number of ether oxygens (including phenoxy) is 1. The summed E-state index contributed by atoms with van der Waals surface area (Å²) in [6.45, 7) is 2.11. The number of halogens is 1. The first-order valence-corrected chi connectivity index (χ1v) is 7.21. The van der Waals surface area contributed by atoms with Crippen LogP contribution in [0.5, 0.6) is 5.75 Å². The van der Waals surface area contributed by atoms with E-state index in [0.29, 0.717) is 0 Å². The van der Waals surface area contributed by atoms with Crippen molar-refractivity contribution in [3.63, 3.8) is 0 Å². The van der Waals surface area contributed by atoms with Crippen molar-refractivity contribution in [1.29, 1.82) is 0 Å². The third-order valence-corrected chi connectivity index (χ3v) is 4.14. The molecule has 0 saturated carbocycles. The fraction of sp³-hybridized carbons (Fsp3) is 0.250. The van der Waals surface area contributed by atoms with Crippen LogP contribution in [0.2, 0.25) is 0 Å². The van der Waals surface area contributed by atoms with Gasteiger partial charge in [-0.1, -0.05) is 40.2 Å². The van der Waals surface area contributed by atoms with Gasteiger partial charge in [0.25, 0.3) is 0 Å². The molecule has 2 atom stereocenters. The highest BCUT2D eigenvalue weighted by atomic mass is 79.9. The summed E-state index contributed by atoms with van der Waals surface area (Å²) in [4.78, 5) is 0. The van der Waals surface area contributed by atoms with Gasteiger partial charge in [-0.3, -0.25) is 0 Å². The van der Waals surface area contributed by atoms with Crippen molar-refractivity contribution in [2.24, 2.45) is 5.73 Å². The van der Waals surface area contributed by atoms with Gasteiger partial charge in [0.2, 0.25) is 0 Å². The second-order valence-electron chi connectivity index (χ2n) is 4.99. The van der Waals surface area contributed by atoms with Crippen LogP contribution in [0.15, 0.2) is 46.9 Å². The van der Waals surface area contributed by atoms with Gasteiger partial charge in [0.05, 0.1) is 0 Å². The Morgan fingerprint density at radius 2 is 1.95 bits per heavy atom. The number of aryl methyl sites for hydroxylation is 1. The second-order valence-corrected chi connectivity index (χ2v) is 5.90. The summed E-state index contributed by atoms with van der Waals surface area (Å²) in [6.07, 6.45) is 0.860. The number of fused-ring (bicyclic) bond motifs is 1. The van der Waals surface area contributed by atoms with Crippen molar-refractivity contribution >= 4 is 15.9 Å². The molecule has 1 heterocycles. The predicted octanol–water partition coefficient (Wildman–Crippen LogP) is 4.28.